The summed E-state index contributed by atoms with van der Waals surface area (Å²) in [7, 11) is 0. The van der Waals surface area contributed by atoms with Crippen LogP contribution in [0.3, 0.4) is 0 Å². The van der Waals surface area contributed by atoms with Crippen LogP contribution in [0.5, 0.6) is 0 Å². The Morgan fingerprint density at radius 1 is 0.918 bits per heavy atom. The molecule has 4 fully saturated rings. The molecule has 0 aromatic carbocycles. The van der Waals surface area contributed by atoms with Gasteiger partial charge in [0, 0.05) is 37.3 Å². The molecule has 268 valence electrons. The van der Waals surface area contributed by atoms with Gasteiger partial charge in [-0.3, -0.25) is 33.8 Å². The number of hydrogen-bond donors (Lipinski definition) is 3. The van der Waals surface area contributed by atoms with Gasteiger partial charge >= 0.3 is 0 Å². The number of aromatic nitrogens is 2. The van der Waals surface area contributed by atoms with E-state index in [1.54, 1.807) is 4.90 Å². The predicted octanol–water partition coefficient (Wildman–Crippen LogP) is 3.54. The minimum absolute atomic E-state index is 0.0201. The van der Waals surface area contributed by atoms with Crippen LogP contribution in [0.2, 0.25) is 0 Å². The minimum atomic E-state index is -0.970. The topological polar surface area (TPSA) is 168 Å². The van der Waals surface area contributed by atoms with Crippen molar-refractivity contribution in [1.29, 1.82) is 0 Å². The minimum Gasteiger partial charge on any atom is -0.347 e. The lowest BCUT2D eigenvalue weighted by Gasteiger charge is -2.37. The van der Waals surface area contributed by atoms with E-state index in [9.17, 15) is 28.8 Å². The van der Waals surface area contributed by atoms with Gasteiger partial charge in [0.15, 0.2) is 5.78 Å². The predicted molar refractivity (Wildman–Crippen MR) is 182 cm³/mol. The van der Waals surface area contributed by atoms with Crippen LogP contribution in [0.4, 0.5) is 0 Å². The van der Waals surface area contributed by atoms with Crippen LogP contribution in [0, 0.1) is 29.1 Å². The molecule has 1 aromatic rings. The molecule has 3 N–H and O–H groups in total. The number of fused-ring (bicyclic) bond motifs is 1. The van der Waals surface area contributed by atoms with Gasteiger partial charge in [-0.25, -0.2) is 4.98 Å². The molecule has 0 unspecified atom stereocenters. The maximum atomic E-state index is 14.7. The normalized spacial score (nSPS) is 24.3. The number of nitrogens with one attached hydrogen (secondary N) is 3. The number of carbonyl (C=O) groups is 6. The average molecular weight is 679 g/mol. The van der Waals surface area contributed by atoms with Crippen molar-refractivity contribution in [3.63, 3.8) is 0 Å². The molecule has 5 rings (SSSR count). The smallest absolute Gasteiger partial charge is 0.289 e. The standard InChI is InChI=1S/C37H54N6O6/c1-5-10-27(32(45)35(48)40-24-15-16-24)41-34(47)31-25-14-9-13-23(25)21-43(31)36(49)26(37(2,3)4)19-29(44)30(22-11-7-6-8-12-22)42-33(46)28-20-38-17-18-39-28/h17-18,20,22-27,30-31H,5-16,19,21H2,1-4H3,(H,40,48)(H,41,47)(H,42,46)/t23-,25-,26+,27-,30-,31-/m0/s1. The maximum absolute atomic E-state index is 14.7. The summed E-state index contributed by atoms with van der Waals surface area (Å²) in [5.74, 6) is -3.38. The molecule has 0 spiro atoms. The Bertz CT molecular complexity index is 1390. The zero-order chi connectivity index (χ0) is 35.3. The Morgan fingerprint density at radius 2 is 1.65 bits per heavy atom. The van der Waals surface area contributed by atoms with Gasteiger partial charge in [-0.2, -0.15) is 0 Å². The Labute approximate surface area is 289 Å². The van der Waals surface area contributed by atoms with Gasteiger partial charge in [0.25, 0.3) is 11.8 Å². The Kier molecular flexibility index (Phi) is 11.9. The summed E-state index contributed by atoms with van der Waals surface area (Å²) in [6, 6.07) is -2.51. The molecule has 4 amide bonds. The summed E-state index contributed by atoms with van der Waals surface area (Å²) < 4.78 is 0. The van der Waals surface area contributed by atoms with Crippen molar-refractivity contribution in [3.8, 4) is 0 Å². The van der Waals surface area contributed by atoms with Gasteiger partial charge < -0.3 is 20.9 Å². The monoisotopic (exact) mass is 678 g/mol. The highest BCUT2D eigenvalue weighted by Gasteiger charge is 2.52. The van der Waals surface area contributed by atoms with Crippen LogP contribution in [-0.4, -0.2) is 80.8 Å². The SMILES string of the molecule is CCC[C@H](NC(=O)[C@@H]1[C@H]2CCC[C@H]2CN1C(=O)[C@@H](CC(=O)[C@@H](NC(=O)c1cnccn1)C1CCCCC1)C(C)(C)C)C(=O)C(=O)NC1CC1. The van der Waals surface area contributed by atoms with Crippen LogP contribution >= 0.6 is 0 Å². The first-order valence-corrected chi connectivity index (χ1v) is 18.4. The molecular formula is C37H54N6O6. The molecule has 1 saturated heterocycles. The summed E-state index contributed by atoms with van der Waals surface area (Å²) in [5, 5.41) is 8.57. The molecule has 3 aliphatic carbocycles. The molecule has 6 atom stereocenters. The highest BCUT2D eigenvalue weighted by atomic mass is 16.2. The van der Waals surface area contributed by atoms with E-state index in [1.807, 2.05) is 27.7 Å². The third-order valence-electron chi connectivity index (χ3n) is 11.1. The highest BCUT2D eigenvalue weighted by molar-refractivity contribution is 6.38. The van der Waals surface area contributed by atoms with E-state index in [1.165, 1.54) is 18.6 Å². The van der Waals surface area contributed by atoms with Gasteiger partial charge in [0.05, 0.1) is 18.3 Å². The Balaban J connectivity index is 1.36. The van der Waals surface area contributed by atoms with E-state index in [0.717, 1.165) is 64.2 Å². The van der Waals surface area contributed by atoms with E-state index in [2.05, 4.69) is 25.9 Å². The molecular weight excluding hydrogens is 624 g/mol. The molecule has 0 bridgehead atoms. The van der Waals surface area contributed by atoms with Crippen LogP contribution < -0.4 is 16.0 Å². The van der Waals surface area contributed by atoms with E-state index in [-0.39, 0.29) is 47.6 Å². The number of hydrogen-bond acceptors (Lipinski definition) is 8. The molecule has 3 saturated carbocycles. The fourth-order valence-electron chi connectivity index (χ4n) is 8.18. The Hall–Kier alpha value is -3.70. The molecule has 12 nitrogen and oxygen atoms in total. The summed E-state index contributed by atoms with van der Waals surface area (Å²) in [4.78, 5) is 91.7. The molecule has 0 radical (unpaired) electrons. The van der Waals surface area contributed by atoms with Crippen molar-refractivity contribution in [2.45, 2.75) is 135 Å². The van der Waals surface area contributed by atoms with Gasteiger partial charge in [0.2, 0.25) is 17.6 Å². The molecule has 12 heteroatoms. The summed E-state index contributed by atoms with van der Waals surface area (Å²) in [5.41, 5.74) is -0.499. The molecule has 1 aliphatic heterocycles. The first-order chi connectivity index (χ1) is 23.4. The summed E-state index contributed by atoms with van der Waals surface area (Å²) in [6.45, 7) is 8.09. The second kappa shape index (κ2) is 15.9. The zero-order valence-corrected chi connectivity index (χ0v) is 29.5. The fraction of sp³-hybridized carbons (Fsp3) is 0.730. The first kappa shape index (κ1) is 36.6. The van der Waals surface area contributed by atoms with Gasteiger partial charge in [0.1, 0.15) is 11.7 Å². The van der Waals surface area contributed by atoms with Crippen molar-refractivity contribution >= 4 is 35.2 Å². The van der Waals surface area contributed by atoms with E-state index in [0.29, 0.717) is 19.4 Å². The fourth-order valence-corrected chi connectivity index (χ4v) is 8.18. The summed E-state index contributed by atoms with van der Waals surface area (Å²) >= 11 is 0. The molecule has 2 heterocycles. The van der Waals surface area contributed by atoms with Crippen molar-refractivity contribution in [2.75, 3.05) is 6.54 Å². The number of amides is 4. The molecule has 4 aliphatic rings. The third-order valence-corrected chi connectivity index (χ3v) is 11.1. The zero-order valence-electron chi connectivity index (χ0n) is 29.5. The van der Waals surface area contributed by atoms with Gasteiger partial charge in [-0.15, -0.1) is 0 Å². The lowest BCUT2D eigenvalue weighted by Crippen LogP contribution is -2.56. The van der Waals surface area contributed by atoms with Crippen LogP contribution in [-0.2, 0) is 24.0 Å². The Morgan fingerprint density at radius 3 is 2.29 bits per heavy atom. The van der Waals surface area contributed by atoms with Crippen LogP contribution in [0.25, 0.3) is 0 Å². The maximum Gasteiger partial charge on any atom is 0.289 e. The van der Waals surface area contributed by atoms with E-state index in [4.69, 9.17) is 0 Å². The lowest BCUT2D eigenvalue weighted by molar-refractivity contribution is -0.148. The number of likely N-dealkylation sites (tertiary alicyclic amines) is 1. The second-order valence-corrected chi connectivity index (χ2v) is 15.8. The van der Waals surface area contributed by atoms with Crippen molar-refractivity contribution in [2.24, 2.45) is 29.1 Å². The molecule has 49 heavy (non-hydrogen) atoms. The quantitative estimate of drug-likeness (QED) is 0.251. The number of ketones is 2. The number of carbonyl (C=O) groups excluding carboxylic acids is 6. The number of nitrogens with zero attached hydrogens (tertiary/aromatic N) is 3. The van der Waals surface area contributed by atoms with Crippen LogP contribution in [0.1, 0.15) is 122 Å². The van der Waals surface area contributed by atoms with Crippen molar-refractivity contribution in [3.05, 3.63) is 24.3 Å². The molecule has 1 aromatic heterocycles. The second-order valence-electron chi connectivity index (χ2n) is 15.8. The lowest BCUT2D eigenvalue weighted by atomic mass is 9.74. The van der Waals surface area contributed by atoms with Gasteiger partial charge in [-0.05, 0) is 68.1 Å². The highest BCUT2D eigenvalue weighted by Crippen LogP contribution is 2.44. The third kappa shape index (κ3) is 8.91. The van der Waals surface area contributed by atoms with Crippen LogP contribution in [0.15, 0.2) is 18.6 Å². The van der Waals surface area contributed by atoms with E-state index < -0.39 is 53.0 Å². The van der Waals surface area contributed by atoms with E-state index >= 15 is 0 Å². The summed E-state index contributed by atoms with van der Waals surface area (Å²) in [6.07, 6.45) is 14.1. The van der Waals surface area contributed by atoms with Gasteiger partial charge in [-0.1, -0.05) is 59.8 Å². The first-order valence-electron chi connectivity index (χ1n) is 18.4. The van der Waals surface area contributed by atoms with Crippen molar-refractivity contribution in [1.82, 2.24) is 30.8 Å². The average Bonchev–Trinajstić information content (AvgIpc) is 3.65. The largest absolute Gasteiger partial charge is 0.347 e. The number of rotatable bonds is 14. The van der Waals surface area contributed by atoms with Crippen molar-refractivity contribution < 1.29 is 28.8 Å². The number of Topliss-reactive ketones (excluding diaryl/α,β-unsaturated/α-hetero) is 2.